The predicted molar refractivity (Wildman–Crippen MR) is 113 cm³/mol. The topological polar surface area (TPSA) is 34.1 Å². The van der Waals surface area contributed by atoms with E-state index in [1.54, 1.807) is 5.57 Å². The van der Waals surface area contributed by atoms with Gasteiger partial charge in [0.2, 0.25) is 11.6 Å². The van der Waals surface area contributed by atoms with Crippen molar-refractivity contribution in [3.05, 3.63) is 62.6 Å². The van der Waals surface area contributed by atoms with Crippen molar-refractivity contribution in [1.29, 1.82) is 0 Å². The van der Waals surface area contributed by atoms with Crippen LogP contribution in [-0.4, -0.2) is 11.6 Å². The third-order valence-corrected chi connectivity index (χ3v) is 6.71. The Labute approximate surface area is 166 Å². The summed E-state index contributed by atoms with van der Waals surface area (Å²) in [4.78, 5) is 25.0. The number of fused-ring (bicyclic) bond motifs is 2. The summed E-state index contributed by atoms with van der Waals surface area (Å²) in [5, 5.41) is 2.04. The number of Topliss-reactive ketones (excluding diaryl/α,β-unsaturated/α-hetero) is 2. The van der Waals surface area contributed by atoms with E-state index >= 15 is 0 Å². The highest BCUT2D eigenvalue weighted by Crippen LogP contribution is 2.40. The molecule has 0 N–H and O–H groups in total. The number of carbonyl (C=O) groups excluding carboxylic acids is 2. The lowest BCUT2D eigenvalue weighted by Crippen LogP contribution is -2.35. The maximum atomic E-state index is 12.6. The molecule has 1 aromatic carbocycles. The summed E-state index contributed by atoms with van der Waals surface area (Å²) in [6.45, 7) is 6.90. The molecular formula is C26H26O2. The fraction of sp³-hybridized carbons (Fsp3) is 0.385. The molecule has 0 aromatic heterocycles. The van der Waals surface area contributed by atoms with Crippen molar-refractivity contribution >= 4 is 29.3 Å². The van der Waals surface area contributed by atoms with Gasteiger partial charge in [-0.25, -0.2) is 0 Å². The first-order valence-corrected chi connectivity index (χ1v) is 10.4. The fourth-order valence-electron chi connectivity index (χ4n) is 5.40. The molecule has 0 heterocycles. The van der Waals surface area contributed by atoms with Gasteiger partial charge >= 0.3 is 0 Å². The lowest BCUT2D eigenvalue weighted by molar-refractivity contribution is -0.110. The van der Waals surface area contributed by atoms with Crippen molar-refractivity contribution in [2.75, 3.05) is 0 Å². The van der Waals surface area contributed by atoms with Gasteiger partial charge in [0.15, 0.2) is 0 Å². The molecule has 0 fully saturated rings. The zero-order valence-corrected chi connectivity index (χ0v) is 16.9. The van der Waals surface area contributed by atoms with Crippen LogP contribution in [0.15, 0.2) is 35.4 Å². The summed E-state index contributed by atoms with van der Waals surface area (Å²) < 4.78 is 0. The largest absolute Gasteiger partial charge is 0.285 e. The lowest BCUT2D eigenvalue weighted by Gasteiger charge is -2.32. The first-order valence-electron chi connectivity index (χ1n) is 10.4. The van der Waals surface area contributed by atoms with Crippen molar-refractivity contribution in [2.24, 2.45) is 11.3 Å². The van der Waals surface area contributed by atoms with Crippen LogP contribution in [0.4, 0.5) is 0 Å². The smallest absolute Gasteiger partial charge is 0.233 e. The van der Waals surface area contributed by atoms with Crippen LogP contribution < -0.4 is 10.4 Å². The molecule has 4 aliphatic carbocycles. The van der Waals surface area contributed by atoms with Gasteiger partial charge in [-0.05, 0) is 65.5 Å². The van der Waals surface area contributed by atoms with Crippen molar-refractivity contribution in [1.82, 2.24) is 0 Å². The second-order valence-electron chi connectivity index (χ2n) is 9.46. The van der Waals surface area contributed by atoms with Crippen LogP contribution in [0.25, 0.3) is 17.7 Å². The van der Waals surface area contributed by atoms with E-state index in [1.165, 1.54) is 16.7 Å². The van der Waals surface area contributed by atoms with Crippen LogP contribution in [0, 0.1) is 11.3 Å². The molecule has 0 saturated heterocycles. The van der Waals surface area contributed by atoms with E-state index in [2.05, 4.69) is 51.2 Å². The van der Waals surface area contributed by atoms with Gasteiger partial charge in [-0.15, -0.1) is 0 Å². The van der Waals surface area contributed by atoms with E-state index in [-0.39, 0.29) is 17.0 Å². The summed E-state index contributed by atoms with van der Waals surface area (Å²) in [5.41, 5.74) is 6.95. The Kier molecular flexibility index (Phi) is 3.78. The highest BCUT2D eigenvalue weighted by Gasteiger charge is 2.34. The van der Waals surface area contributed by atoms with E-state index < -0.39 is 0 Å². The maximum Gasteiger partial charge on any atom is 0.233 e. The summed E-state index contributed by atoms with van der Waals surface area (Å²) in [6.07, 6.45) is 16.1. The van der Waals surface area contributed by atoms with Gasteiger partial charge in [-0.1, -0.05) is 56.7 Å². The molecular weight excluding hydrogens is 344 g/mol. The van der Waals surface area contributed by atoms with Crippen LogP contribution in [0.1, 0.15) is 67.9 Å². The standard InChI is InChI=1S/C26H26O2/c1-26(2,3)22-10-5-4-7-18(22)15-11-12-17-16(13-15)14-21-23-19(17)8-6-9-20(23)24(27)25(21)28/h4,7-8,11-12,14-15H,5-6,9-10,13H2,1-3H3. The third-order valence-electron chi connectivity index (χ3n) is 6.71. The molecule has 142 valence electrons. The molecule has 2 heteroatoms. The minimum Gasteiger partial charge on any atom is -0.285 e. The summed E-state index contributed by atoms with van der Waals surface area (Å²) >= 11 is 0. The molecule has 1 atom stereocenters. The van der Waals surface area contributed by atoms with E-state index in [0.717, 1.165) is 41.7 Å². The Morgan fingerprint density at radius 1 is 1.00 bits per heavy atom. The molecule has 4 aliphatic rings. The average Bonchev–Trinajstić information content (AvgIpc) is 2.93. The first kappa shape index (κ1) is 17.6. The Morgan fingerprint density at radius 3 is 2.61 bits per heavy atom. The molecule has 28 heavy (non-hydrogen) atoms. The molecule has 1 unspecified atom stereocenters. The minimum atomic E-state index is -0.303. The second-order valence-corrected chi connectivity index (χ2v) is 9.46. The van der Waals surface area contributed by atoms with Crippen LogP contribution in [0.2, 0.25) is 0 Å². The number of hydrogen-bond acceptors (Lipinski definition) is 2. The SMILES string of the molecule is CC(C)(C)C1=C(C2C=Cc3c(cc4c5c3=CCCC=5C(=O)C4=O)C2)C=CCC1. The highest BCUT2D eigenvalue weighted by molar-refractivity contribution is 6.59. The molecule has 2 nitrogen and oxygen atoms in total. The van der Waals surface area contributed by atoms with Gasteiger partial charge in [0.25, 0.3) is 0 Å². The van der Waals surface area contributed by atoms with Gasteiger partial charge < -0.3 is 0 Å². The Bertz CT molecular complexity index is 1150. The molecule has 0 amide bonds. The number of benzene rings is 1. The number of ketones is 2. The van der Waals surface area contributed by atoms with Crippen LogP contribution in [0.5, 0.6) is 0 Å². The third kappa shape index (κ3) is 2.47. The summed E-state index contributed by atoms with van der Waals surface area (Å²) in [6, 6.07) is 2.01. The van der Waals surface area contributed by atoms with Crippen molar-refractivity contribution in [2.45, 2.75) is 52.9 Å². The zero-order valence-electron chi connectivity index (χ0n) is 16.9. The number of rotatable bonds is 1. The van der Waals surface area contributed by atoms with Crippen LogP contribution in [0.3, 0.4) is 0 Å². The monoisotopic (exact) mass is 370 g/mol. The first-order chi connectivity index (χ1) is 13.4. The average molecular weight is 370 g/mol. The molecule has 5 rings (SSSR count). The van der Waals surface area contributed by atoms with Gasteiger partial charge in [0.1, 0.15) is 0 Å². The molecule has 0 saturated carbocycles. The quantitative estimate of drug-likeness (QED) is 0.699. The van der Waals surface area contributed by atoms with E-state index in [9.17, 15) is 9.59 Å². The molecule has 0 aliphatic heterocycles. The summed E-state index contributed by atoms with van der Waals surface area (Å²) in [5.74, 6) is -0.245. The predicted octanol–water partition coefficient (Wildman–Crippen LogP) is 4.06. The van der Waals surface area contributed by atoms with Gasteiger partial charge in [-0.3, -0.25) is 9.59 Å². The zero-order chi connectivity index (χ0) is 19.6. The van der Waals surface area contributed by atoms with Crippen molar-refractivity contribution in [3.8, 4) is 0 Å². The Morgan fingerprint density at radius 2 is 1.82 bits per heavy atom. The summed E-state index contributed by atoms with van der Waals surface area (Å²) in [7, 11) is 0. The Hall–Kier alpha value is -2.48. The van der Waals surface area contributed by atoms with Gasteiger partial charge in [-0.2, -0.15) is 0 Å². The highest BCUT2D eigenvalue weighted by atomic mass is 16.2. The molecule has 1 aromatic rings. The van der Waals surface area contributed by atoms with E-state index in [1.807, 2.05) is 6.07 Å². The number of allylic oxidation sites excluding steroid dienone is 5. The Balaban J connectivity index is 1.66. The lowest BCUT2D eigenvalue weighted by atomic mass is 9.73. The fourth-order valence-corrected chi connectivity index (χ4v) is 5.40. The van der Waals surface area contributed by atoms with Gasteiger partial charge in [0, 0.05) is 22.3 Å². The number of hydrogen-bond donors (Lipinski definition) is 0. The minimum absolute atomic E-state index is 0.165. The maximum absolute atomic E-state index is 12.6. The van der Waals surface area contributed by atoms with E-state index in [4.69, 9.17) is 0 Å². The van der Waals surface area contributed by atoms with Crippen molar-refractivity contribution < 1.29 is 9.59 Å². The molecule has 0 bridgehead atoms. The van der Waals surface area contributed by atoms with Crippen LogP contribution >= 0.6 is 0 Å². The van der Waals surface area contributed by atoms with Crippen LogP contribution in [-0.2, 0) is 11.2 Å². The second kappa shape index (κ2) is 6.01. The van der Waals surface area contributed by atoms with Crippen molar-refractivity contribution in [3.63, 3.8) is 0 Å². The molecule has 0 spiro atoms. The molecule has 0 radical (unpaired) electrons. The van der Waals surface area contributed by atoms with Gasteiger partial charge in [0.05, 0.1) is 0 Å². The normalized spacial score (nSPS) is 23.1. The number of carbonyl (C=O) groups is 2. The van der Waals surface area contributed by atoms with E-state index in [0.29, 0.717) is 17.9 Å².